The number of para-hydroxylation sites is 1. The van der Waals surface area contributed by atoms with Crippen molar-refractivity contribution in [2.24, 2.45) is 0 Å². The van der Waals surface area contributed by atoms with Gasteiger partial charge in [-0.1, -0.05) is 140 Å². The zero-order valence-electron chi connectivity index (χ0n) is 41.8. The van der Waals surface area contributed by atoms with Crippen LogP contribution in [0.5, 0.6) is 11.5 Å². The van der Waals surface area contributed by atoms with Gasteiger partial charge in [-0.05, 0) is 119 Å². The SMILES string of the molecule is CCn1c(-c2ccccc2)c(C(c2ccccc2)N(C)C)c2ccccc21.CN(C)C(c1ccccc1)c1c(C(=O)O)[nH]c2ccc(O)cc12.COc1ccc2[nH]cc(C(c3ccccc3)N(C)C)c2c1. The van der Waals surface area contributed by atoms with Gasteiger partial charge in [-0.25, -0.2) is 4.79 Å². The lowest BCUT2D eigenvalue weighted by Crippen LogP contribution is -2.22. The van der Waals surface area contributed by atoms with E-state index < -0.39 is 5.97 Å². The van der Waals surface area contributed by atoms with Gasteiger partial charge in [-0.15, -0.1) is 0 Å². The number of H-pyrrole nitrogens is 2. The number of aryl methyl sites for hydroxylation is 1. The third-order valence-corrected chi connectivity index (χ3v) is 13.1. The van der Waals surface area contributed by atoms with E-state index in [1.807, 2.05) is 55.4 Å². The van der Waals surface area contributed by atoms with E-state index in [9.17, 15) is 15.0 Å². The zero-order chi connectivity index (χ0) is 50.2. The molecule has 10 heteroatoms. The van der Waals surface area contributed by atoms with E-state index in [0.717, 1.165) is 23.4 Å². The van der Waals surface area contributed by atoms with Gasteiger partial charge in [0, 0.05) is 56.6 Å². The van der Waals surface area contributed by atoms with E-state index in [-0.39, 0.29) is 29.6 Å². The van der Waals surface area contributed by atoms with Gasteiger partial charge in [-0.3, -0.25) is 14.7 Å². The van der Waals surface area contributed by atoms with E-state index in [1.54, 1.807) is 25.3 Å². The summed E-state index contributed by atoms with van der Waals surface area (Å²) < 4.78 is 7.82. The van der Waals surface area contributed by atoms with Crippen LogP contribution in [0.1, 0.15) is 68.9 Å². The number of benzene rings is 7. The van der Waals surface area contributed by atoms with Crippen molar-refractivity contribution in [1.29, 1.82) is 0 Å². The van der Waals surface area contributed by atoms with E-state index in [4.69, 9.17) is 4.74 Å². The van der Waals surface area contributed by atoms with E-state index in [0.29, 0.717) is 16.5 Å². The Balaban J connectivity index is 0.000000144. The first kappa shape index (κ1) is 49.5. The van der Waals surface area contributed by atoms with Gasteiger partial charge in [0.2, 0.25) is 0 Å². The van der Waals surface area contributed by atoms with E-state index in [2.05, 4.69) is 193 Å². The number of rotatable bonds is 13. The van der Waals surface area contributed by atoms with Crippen molar-refractivity contribution in [3.8, 4) is 22.8 Å². The van der Waals surface area contributed by atoms with E-state index in [1.165, 1.54) is 49.8 Å². The van der Waals surface area contributed by atoms with E-state index >= 15 is 0 Å². The number of carbonyl (C=O) groups is 1. The highest BCUT2D eigenvalue weighted by atomic mass is 16.5. The fraction of sp³-hybridized carbons (Fsp3) is 0.197. The summed E-state index contributed by atoms with van der Waals surface area (Å²) in [5.41, 5.74) is 12.8. The van der Waals surface area contributed by atoms with Crippen LogP contribution in [0, 0.1) is 0 Å². The fourth-order valence-electron chi connectivity index (χ4n) is 10.1. The molecule has 0 aliphatic rings. The maximum Gasteiger partial charge on any atom is 0.352 e. The second-order valence-electron chi connectivity index (χ2n) is 18.3. The van der Waals surface area contributed by atoms with Crippen LogP contribution < -0.4 is 4.74 Å². The van der Waals surface area contributed by atoms with Crippen LogP contribution >= 0.6 is 0 Å². The van der Waals surface area contributed by atoms with Crippen LogP contribution in [0.25, 0.3) is 44.0 Å². The standard InChI is InChI=1S/C25H26N2.C18H18N2O3.C18H20N2O/c1-4-27-22-18-12-11-17-21(22)23(25(27)20-15-9-6-10-16-20)24(26(2)3)19-13-7-5-8-14-19;1-20(2)17(11-6-4-3-5-7-11)15-13-10-12(21)8-9-14(13)19-16(15)18(22)23;1-20(2)18(13-7-5-4-6-8-13)16-12-19-17-10-9-14(21-3)11-15(16)17/h5-18,24H,4H2,1-3H3;3-10,17,19,21H,1-2H3,(H,22,23);4-12,18-19H,1-3H3. The lowest BCUT2D eigenvalue weighted by atomic mass is 9.93. The Kier molecular flexibility index (Phi) is 15.5. The van der Waals surface area contributed by atoms with Crippen molar-refractivity contribution in [2.45, 2.75) is 31.6 Å². The molecule has 0 fully saturated rings. The van der Waals surface area contributed by atoms with Gasteiger partial charge in [0.1, 0.15) is 17.2 Å². The topological polar surface area (TPSA) is 113 Å². The van der Waals surface area contributed by atoms with Crippen molar-refractivity contribution in [1.82, 2.24) is 29.2 Å². The highest BCUT2D eigenvalue weighted by Crippen LogP contribution is 2.42. The van der Waals surface area contributed by atoms with Gasteiger partial charge in [0.05, 0.1) is 30.9 Å². The molecule has 0 saturated carbocycles. The molecule has 7 aromatic carbocycles. The minimum atomic E-state index is -1.02. The summed E-state index contributed by atoms with van der Waals surface area (Å²) in [7, 11) is 14.1. The molecule has 10 rings (SSSR count). The lowest BCUT2D eigenvalue weighted by Gasteiger charge is -2.27. The third-order valence-electron chi connectivity index (χ3n) is 13.1. The molecule has 0 spiro atoms. The molecule has 3 heterocycles. The Morgan fingerprint density at radius 2 is 1.08 bits per heavy atom. The summed E-state index contributed by atoms with van der Waals surface area (Å²) in [4.78, 5) is 24.6. The summed E-state index contributed by atoms with van der Waals surface area (Å²) in [6, 6.07) is 61.8. The Hall–Kier alpha value is -7.89. The largest absolute Gasteiger partial charge is 0.508 e. The van der Waals surface area contributed by atoms with Crippen LogP contribution in [0.2, 0.25) is 0 Å². The number of hydrogen-bond acceptors (Lipinski definition) is 6. The van der Waals surface area contributed by atoms with Crippen LogP contribution in [0.3, 0.4) is 0 Å². The number of methoxy groups -OCH3 is 1. The molecule has 10 nitrogen and oxygen atoms in total. The maximum atomic E-state index is 11.7. The van der Waals surface area contributed by atoms with Gasteiger partial charge >= 0.3 is 5.97 Å². The number of nitrogens with one attached hydrogen (secondary N) is 2. The molecular formula is C61H64N6O4. The highest BCUT2D eigenvalue weighted by molar-refractivity contribution is 5.99. The van der Waals surface area contributed by atoms with Gasteiger partial charge in [0.15, 0.2) is 0 Å². The predicted octanol–water partition coefficient (Wildman–Crippen LogP) is 13.0. The molecule has 0 aliphatic heterocycles. The zero-order valence-corrected chi connectivity index (χ0v) is 41.8. The summed E-state index contributed by atoms with van der Waals surface area (Å²) >= 11 is 0. The maximum absolute atomic E-state index is 11.7. The molecule has 0 radical (unpaired) electrons. The molecule has 0 saturated heterocycles. The summed E-state index contributed by atoms with van der Waals surface area (Å²) in [5.74, 6) is -0.0207. The number of aromatic hydroxyl groups is 1. The molecule has 10 aromatic rings. The molecule has 362 valence electrons. The summed E-state index contributed by atoms with van der Waals surface area (Å²) in [5, 5.41) is 22.7. The number of aromatic nitrogens is 3. The predicted molar refractivity (Wildman–Crippen MR) is 291 cm³/mol. The van der Waals surface area contributed by atoms with Crippen molar-refractivity contribution in [3.63, 3.8) is 0 Å². The number of hydrogen-bond donors (Lipinski definition) is 4. The molecule has 3 atom stereocenters. The molecule has 3 aromatic heterocycles. The molecule has 0 amide bonds. The highest BCUT2D eigenvalue weighted by Gasteiger charge is 2.29. The number of phenols is 1. The average molecular weight is 945 g/mol. The number of phenolic OH excluding ortho intramolecular Hbond substituents is 1. The number of nitrogens with zero attached hydrogens (tertiary/aromatic N) is 4. The monoisotopic (exact) mass is 944 g/mol. The quantitative estimate of drug-likeness (QED) is 0.0910. The minimum absolute atomic E-state index is 0.111. The summed E-state index contributed by atoms with van der Waals surface area (Å²) in [6.45, 7) is 3.18. The molecule has 0 bridgehead atoms. The Morgan fingerprint density at radius 3 is 1.62 bits per heavy atom. The number of carboxylic acid groups (broad SMARTS) is 1. The minimum Gasteiger partial charge on any atom is -0.508 e. The van der Waals surface area contributed by atoms with Crippen LogP contribution in [0.4, 0.5) is 0 Å². The number of aromatic amines is 2. The first-order chi connectivity index (χ1) is 34.4. The molecule has 3 unspecified atom stereocenters. The van der Waals surface area contributed by atoms with Gasteiger partial charge < -0.3 is 29.5 Å². The molecular weight excluding hydrogens is 881 g/mol. The second-order valence-corrected chi connectivity index (χ2v) is 18.3. The Labute approximate surface area is 417 Å². The Morgan fingerprint density at radius 1 is 0.577 bits per heavy atom. The molecule has 4 N–H and O–H groups in total. The number of fused-ring (bicyclic) bond motifs is 3. The van der Waals surface area contributed by atoms with Gasteiger partial charge in [-0.2, -0.15) is 0 Å². The fourth-order valence-corrected chi connectivity index (χ4v) is 10.1. The number of carboxylic acids is 1. The van der Waals surface area contributed by atoms with Crippen LogP contribution in [-0.4, -0.2) is 94.8 Å². The number of aromatic carboxylic acids is 1. The molecule has 71 heavy (non-hydrogen) atoms. The first-order valence-electron chi connectivity index (χ1n) is 23.9. The van der Waals surface area contributed by atoms with Crippen molar-refractivity contribution in [3.05, 3.63) is 227 Å². The summed E-state index contributed by atoms with van der Waals surface area (Å²) in [6.07, 6.45) is 2.10. The Bertz CT molecular complexity index is 3320. The van der Waals surface area contributed by atoms with Crippen LogP contribution in [0.15, 0.2) is 188 Å². The lowest BCUT2D eigenvalue weighted by molar-refractivity contribution is 0.0688. The second kappa shape index (κ2) is 22.2. The number of ether oxygens (including phenoxy) is 1. The van der Waals surface area contributed by atoms with Crippen molar-refractivity contribution < 1.29 is 19.7 Å². The third kappa shape index (κ3) is 10.5. The van der Waals surface area contributed by atoms with Gasteiger partial charge in [0.25, 0.3) is 0 Å². The van der Waals surface area contributed by atoms with Crippen LogP contribution in [-0.2, 0) is 6.54 Å². The average Bonchev–Trinajstić information content (AvgIpc) is 4.07. The molecule has 0 aliphatic carbocycles. The first-order valence-corrected chi connectivity index (χ1v) is 23.9. The van der Waals surface area contributed by atoms with Crippen molar-refractivity contribution in [2.75, 3.05) is 49.4 Å². The normalized spacial score (nSPS) is 12.7. The smallest absolute Gasteiger partial charge is 0.352 e. The van der Waals surface area contributed by atoms with Crippen molar-refractivity contribution >= 4 is 38.7 Å².